The van der Waals surface area contributed by atoms with Crippen molar-refractivity contribution in [1.29, 1.82) is 0 Å². The number of pyridine rings is 2. The van der Waals surface area contributed by atoms with E-state index in [0.29, 0.717) is 13.0 Å². The number of hydrogen-bond donors (Lipinski definition) is 1. The highest BCUT2D eigenvalue weighted by atomic mass is 16.1. The Labute approximate surface area is 171 Å². The third kappa shape index (κ3) is 4.90. The van der Waals surface area contributed by atoms with Gasteiger partial charge >= 0.3 is 0 Å². The number of anilines is 2. The molecule has 1 N–H and O–H groups in total. The van der Waals surface area contributed by atoms with Crippen LogP contribution in [0.5, 0.6) is 0 Å². The minimum absolute atomic E-state index is 0.0194. The van der Waals surface area contributed by atoms with Crippen LogP contribution in [0.4, 0.5) is 11.6 Å². The lowest BCUT2D eigenvalue weighted by molar-refractivity contribution is -0.120. The quantitative estimate of drug-likeness (QED) is 0.705. The third-order valence-corrected chi connectivity index (χ3v) is 5.10. The van der Waals surface area contributed by atoms with Crippen LogP contribution in [0.3, 0.4) is 0 Å². The van der Waals surface area contributed by atoms with E-state index >= 15 is 0 Å². The second-order valence-electron chi connectivity index (χ2n) is 7.09. The molecule has 6 nitrogen and oxygen atoms in total. The maximum Gasteiger partial charge on any atom is 0.224 e. The summed E-state index contributed by atoms with van der Waals surface area (Å²) < 4.78 is 0. The van der Waals surface area contributed by atoms with Crippen LogP contribution in [0.2, 0.25) is 0 Å². The number of amides is 1. The molecule has 0 bridgehead atoms. The highest BCUT2D eigenvalue weighted by molar-refractivity contribution is 5.78. The molecule has 0 saturated carbocycles. The second-order valence-corrected chi connectivity index (χ2v) is 7.09. The number of nitrogens with one attached hydrogen (secondary N) is 1. The fourth-order valence-electron chi connectivity index (χ4n) is 3.58. The molecule has 1 fully saturated rings. The Bertz CT molecular complexity index is 924. The van der Waals surface area contributed by atoms with Gasteiger partial charge in [-0.2, -0.15) is 0 Å². The van der Waals surface area contributed by atoms with Crippen molar-refractivity contribution in [3.8, 4) is 0 Å². The summed E-state index contributed by atoms with van der Waals surface area (Å²) in [5.74, 6) is 1.99. The first kappa shape index (κ1) is 18.9. The minimum Gasteiger partial charge on any atom is -0.353 e. The van der Waals surface area contributed by atoms with Crippen LogP contribution in [0.1, 0.15) is 11.1 Å². The number of hydrogen-bond acceptors (Lipinski definition) is 5. The molecule has 1 aliphatic rings. The van der Waals surface area contributed by atoms with Crippen molar-refractivity contribution >= 4 is 17.5 Å². The molecule has 29 heavy (non-hydrogen) atoms. The molecule has 148 valence electrons. The molecular weight excluding hydrogens is 362 g/mol. The number of rotatable bonds is 6. The molecule has 1 amide bonds. The highest BCUT2D eigenvalue weighted by Crippen LogP contribution is 2.21. The van der Waals surface area contributed by atoms with Crippen molar-refractivity contribution in [2.75, 3.05) is 36.0 Å². The van der Waals surface area contributed by atoms with Gasteiger partial charge in [0.15, 0.2) is 0 Å². The Balaban J connectivity index is 1.35. The molecule has 1 aromatic carbocycles. The lowest BCUT2D eigenvalue weighted by Crippen LogP contribution is -2.47. The van der Waals surface area contributed by atoms with Gasteiger partial charge < -0.3 is 15.1 Å². The molecule has 6 heteroatoms. The summed E-state index contributed by atoms with van der Waals surface area (Å²) in [5, 5.41) is 3.04. The summed E-state index contributed by atoms with van der Waals surface area (Å²) in [4.78, 5) is 25.9. The van der Waals surface area contributed by atoms with Gasteiger partial charge in [0, 0.05) is 50.7 Å². The molecule has 3 aromatic rings. The first-order chi connectivity index (χ1) is 14.3. The summed E-state index contributed by atoms with van der Waals surface area (Å²) in [6.45, 7) is 4.02. The lowest BCUT2D eigenvalue weighted by atomic mass is 10.1. The maximum absolute atomic E-state index is 12.3. The number of carbonyl (C=O) groups excluding carboxylic acids is 1. The van der Waals surface area contributed by atoms with Crippen molar-refractivity contribution in [3.05, 3.63) is 84.2 Å². The largest absolute Gasteiger partial charge is 0.353 e. The zero-order valence-electron chi connectivity index (χ0n) is 16.4. The first-order valence-corrected chi connectivity index (χ1v) is 9.95. The fourth-order valence-corrected chi connectivity index (χ4v) is 3.58. The number of nitrogens with zero attached hydrogens (tertiary/aromatic N) is 4. The SMILES string of the molecule is O=C(Cc1ccccc1)NCc1cccnc1N1CCN(c2ccccn2)CC1. The number of piperazine rings is 1. The Morgan fingerprint density at radius 3 is 2.31 bits per heavy atom. The van der Waals surface area contributed by atoms with Crippen LogP contribution in [-0.2, 0) is 17.8 Å². The molecule has 4 rings (SSSR count). The van der Waals surface area contributed by atoms with Gasteiger partial charge in [-0.25, -0.2) is 9.97 Å². The van der Waals surface area contributed by atoms with Crippen molar-refractivity contribution < 1.29 is 4.79 Å². The zero-order chi connectivity index (χ0) is 19.9. The Morgan fingerprint density at radius 2 is 1.55 bits per heavy atom. The van der Waals surface area contributed by atoms with Crippen LogP contribution in [0.15, 0.2) is 73.1 Å². The van der Waals surface area contributed by atoms with E-state index in [1.54, 1.807) is 0 Å². The number of benzene rings is 1. The van der Waals surface area contributed by atoms with Crippen LogP contribution >= 0.6 is 0 Å². The van der Waals surface area contributed by atoms with E-state index in [0.717, 1.165) is 48.9 Å². The smallest absolute Gasteiger partial charge is 0.224 e. The highest BCUT2D eigenvalue weighted by Gasteiger charge is 2.21. The van der Waals surface area contributed by atoms with E-state index in [1.807, 2.05) is 73.1 Å². The van der Waals surface area contributed by atoms with Gasteiger partial charge in [-0.3, -0.25) is 4.79 Å². The van der Waals surface area contributed by atoms with Crippen LogP contribution < -0.4 is 15.1 Å². The molecule has 0 spiro atoms. The summed E-state index contributed by atoms with van der Waals surface area (Å²) >= 11 is 0. The van der Waals surface area contributed by atoms with E-state index < -0.39 is 0 Å². The summed E-state index contributed by atoms with van der Waals surface area (Å²) in [5.41, 5.74) is 2.06. The van der Waals surface area contributed by atoms with Crippen LogP contribution in [-0.4, -0.2) is 42.1 Å². The predicted octanol–water partition coefficient (Wildman–Crippen LogP) is 2.66. The molecule has 0 aliphatic carbocycles. The van der Waals surface area contributed by atoms with Crippen molar-refractivity contribution in [2.45, 2.75) is 13.0 Å². The molecule has 0 radical (unpaired) electrons. The average molecular weight is 387 g/mol. The van der Waals surface area contributed by atoms with Gasteiger partial charge in [-0.15, -0.1) is 0 Å². The Morgan fingerprint density at radius 1 is 0.828 bits per heavy atom. The Hall–Kier alpha value is -3.41. The standard InChI is InChI=1S/C23H25N5O/c29-22(17-19-7-2-1-3-8-19)26-18-20-9-6-12-25-23(20)28-15-13-27(14-16-28)21-10-4-5-11-24-21/h1-12H,13-18H2,(H,26,29). The zero-order valence-corrected chi connectivity index (χ0v) is 16.4. The van der Waals surface area contributed by atoms with E-state index in [-0.39, 0.29) is 5.91 Å². The van der Waals surface area contributed by atoms with Crippen molar-refractivity contribution in [3.63, 3.8) is 0 Å². The minimum atomic E-state index is 0.0194. The molecule has 2 aromatic heterocycles. The van der Waals surface area contributed by atoms with Gasteiger partial charge in [0.05, 0.1) is 6.42 Å². The number of carbonyl (C=O) groups is 1. The van der Waals surface area contributed by atoms with E-state index in [9.17, 15) is 4.79 Å². The molecule has 1 saturated heterocycles. The summed E-state index contributed by atoms with van der Waals surface area (Å²) in [6.07, 6.45) is 4.03. The van der Waals surface area contributed by atoms with Crippen molar-refractivity contribution in [2.24, 2.45) is 0 Å². The summed E-state index contributed by atoms with van der Waals surface area (Å²) in [6, 6.07) is 19.8. The van der Waals surface area contributed by atoms with Gasteiger partial charge in [-0.1, -0.05) is 42.5 Å². The number of aromatic nitrogens is 2. The Kier molecular flexibility index (Phi) is 6.00. The van der Waals surface area contributed by atoms with Crippen LogP contribution in [0, 0.1) is 0 Å². The third-order valence-electron chi connectivity index (χ3n) is 5.10. The predicted molar refractivity (Wildman–Crippen MR) is 115 cm³/mol. The monoisotopic (exact) mass is 387 g/mol. The maximum atomic E-state index is 12.3. The van der Waals surface area contributed by atoms with E-state index in [2.05, 4.69) is 25.1 Å². The first-order valence-electron chi connectivity index (χ1n) is 9.95. The topological polar surface area (TPSA) is 61.4 Å². The average Bonchev–Trinajstić information content (AvgIpc) is 2.79. The normalized spacial score (nSPS) is 13.9. The molecule has 1 aliphatic heterocycles. The fraction of sp³-hybridized carbons (Fsp3) is 0.261. The summed E-state index contributed by atoms with van der Waals surface area (Å²) in [7, 11) is 0. The van der Waals surface area contributed by atoms with E-state index in [4.69, 9.17) is 0 Å². The van der Waals surface area contributed by atoms with Crippen LogP contribution in [0.25, 0.3) is 0 Å². The molecule has 3 heterocycles. The van der Waals surface area contributed by atoms with Crippen molar-refractivity contribution in [1.82, 2.24) is 15.3 Å². The second kappa shape index (κ2) is 9.19. The van der Waals surface area contributed by atoms with E-state index in [1.165, 1.54) is 0 Å². The molecule has 0 unspecified atom stereocenters. The van der Waals surface area contributed by atoms with Gasteiger partial charge in [-0.05, 0) is 23.8 Å². The van der Waals surface area contributed by atoms with Gasteiger partial charge in [0.1, 0.15) is 11.6 Å². The van der Waals surface area contributed by atoms with Gasteiger partial charge in [0.2, 0.25) is 5.91 Å². The van der Waals surface area contributed by atoms with Gasteiger partial charge in [0.25, 0.3) is 0 Å². The lowest BCUT2D eigenvalue weighted by Gasteiger charge is -2.36. The molecule has 0 atom stereocenters. The molecular formula is C23H25N5O.